The first-order valence-corrected chi connectivity index (χ1v) is 10.5. The Kier molecular flexibility index (Phi) is 5.73. The molecule has 3 N–H and O–H groups in total. The summed E-state index contributed by atoms with van der Waals surface area (Å²) in [4.78, 5) is 24.5. The van der Waals surface area contributed by atoms with E-state index in [1.165, 1.54) is 24.0 Å². The van der Waals surface area contributed by atoms with E-state index in [1.807, 2.05) is 6.92 Å². The summed E-state index contributed by atoms with van der Waals surface area (Å²) in [6.45, 7) is 0.814. The quantitative estimate of drug-likeness (QED) is 0.642. The zero-order valence-electron chi connectivity index (χ0n) is 16.8. The summed E-state index contributed by atoms with van der Waals surface area (Å²) in [6.07, 6.45) is 7.44. The van der Waals surface area contributed by atoms with Crippen molar-refractivity contribution in [1.82, 2.24) is 9.97 Å². The molecule has 1 fully saturated rings. The number of terminal acetylenes is 1. The molecule has 1 aliphatic heterocycles. The summed E-state index contributed by atoms with van der Waals surface area (Å²) in [5.41, 5.74) is 3.73. The van der Waals surface area contributed by atoms with Crippen molar-refractivity contribution < 1.29 is 22.7 Å². The van der Waals surface area contributed by atoms with Crippen molar-refractivity contribution in [3.63, 3.8) is 0 Å². The lowest BCUT2D eigenvalue weighted by molar-refractivity contribution is 0.102. The number of rotatable bonds is 6. The Labute approximate surface area is 186 Å². The van der Waals surface area contributed by atoms with E-state index < -0.39 is 29.8 Å². The third kappa shape index (κ3) is 3.75. The Morgan fingerprint density at radius 3 is 2.81 bits per heavy atom. The van der Waals surface area contributed by atoms with E-state index >= 15 is 0 Å². The number of fused-ring (bicyclic) bond motifs is 1. The van der Waals surface area contributed by atoms with Gasteiger partial charge in [-0.2, -0.15) is 0 Å². The van der Waals surface area contributed by atoms with Crippen LogP contribution in [0.1, 0.15) is 23.0 Å². The second-order valence-electron chi connectivity index (χ2n) is 7.48. The molecule has 0 bridgehead atoms. The maximum absolute atomic E-state index is 14.8. The minimum Gasteiger partial charge on any atom is -0.463 e. The topological polar surface area (TPSA) is 102 Å². The van der Waals surface area contributed by atoms with E-state index in [1.54, 1.807) is 0 Å². The first-order chi connectivity index (χ1) is 15.3. The van der Waals surface area contributed by atoms with Crippen LogP contribution in [0.15, 0.2) is 29.5 Å². The number of hydrogen-bond acceptors (Lipinski definition) is 7. The van der Waals surface area contributed by atoms with Crippen molar-refractivity contribution in [2.24, 2.45) is 22.6 Å². The monoisotopic (exact) mass is 461 g/mol. The van der Waals surface area contributed by atoms with Crippen LogP contribution in [0, 0.1) is 35.8 Å². The highest BCUT2D eigenvalue weighted by Crippen LogP contribution is 2.62. The maximum Gasteiger partial charge on any atom is 0.275 e. The Hall–Kier alpha value is -3.26. The smallest absolute Gasteiger partial charge is 0.275 e. The summed E-state index contributed by atoms with van der Waals surface area (Å²) in [7, 11) is 0. The van der Waals surface area contributed by atoms with Crippen molar-refractivity contribution in [2.75, 3.05) is 18.6 Å². The number of carbonyl (C=O) groups excluding carboxylic acids is 1. The van der Waals surface area contributed by atoms with Crippen LogP contribution >= 0.6 is 11.8 Å². The number of amidine groups is 1. The SMILES string of the molecule is C#CCOc1cnc(C(=O)Nc2cc(F)c(F)c([C@@]3(CF)N=C(N)S[C@H]4[C@@H](C)[C@H]43)c2)cn1. The molecule has 1 amide bonds. The van der Waals surface area contributed by atoms with Crippen molar-refractivity contribution in [3.05, 3.63) is 47.4 Å². The third-order valence-corrected chi connectivity index (χ3v) is 6.86. The predicted octanol–water partition coefficient (Wildman–Crippen LogP) is 2.88. The van der Waals surface area contributed by atoms with Crippen LogP contribution in [0.25, 0.3) is 0 Å². The number of benzene rings is 1. The number of nitrogens with two attached hydrogens (primary N) is 1. The number of ether oxygens (including phenoxy) is 1. The van der Waals surface area contributed by atoms with E-state index in [-0.39, 0.29) is 51.7 Å². The van der Waals surface area contributed by atoms with Crippen LogP contribution in [-0.4, -0.2) is 39.6 Å². The largest absolute Gasteiger partial charge is 0.463 e. The molecule has 0 spiro atoms. The number of aliphatic imine (C=N–C) groups is 1. The maximum atomic E-state index is 14.8. The Balaban J connectivity index is 1.64. The normalized spacial score (nSPS) is 25.8. The molecule has 4 rings (SSSR count). The molecule has 2 heterocycles. The highest BCUT2D eigenvalue weighted by atomic mass is 32.2. The van der Waals surface area contributed by atoms with Gasteiger partial charge in [-0.1, -0.05) is 24.6 Å². The molecule has 2 aliphatic rings. The van der Waals surface area contributed by atoms with Gasteiger partial charge in [0.15, 0.2) is 23.4 Å². The number of nitrogens with one attached hydrogen (secondary N) is 1. The molecular formula is C21H18F3N5O2S. The molecule has 1 saturated carbocycles. The molecule has 0 saturated heterocycles. The fourth-order valence-corrected chi connectivity index (χ4v) is 5.38. The Morgan fingerprint density at radius 2 is 2.16 bits per heavy atom. The van der Waals surface area contributed by atoms with Crippen molar-refractivity contribution >= 4 is 28.5 Å². The third-order valence-electron chi connectivity index (χ3n) is 5.54. The van der Waals surface area contributed by atoms with Gasteiger partial charge in [-0.25, -0.2) is 28.1 Å². The van der Waals surface area contributed by atoms with Crippen LogP contribution in [0.5, 0.6) is 5.88 Å². The molecule has 0 unspecified atom stereocenters. The number of nitrogens with zero attached hydrogens (tertiary/aromatic N) is 3. The van der Waals surface area contributed by atoms with E-state index in [2.05, 4.69) is 26.2 Å². The van der Waals surface area contributed by atoms with Gasteiger partial charge in [-0.15, -0.1) is 6.42 Å². The molecule has 0 radical (unpaired) electrons. The average molecular weight is 461 g/mol. The van der Waals surface area contributed by atoms with E-state index in [0.717, 1.165) is 12.3 Å². The summed E-state index contributed by atoms with van der Waals surface area (Å²) < 4.78 is 48.7. The summed E-state index contributed by atoms with van der Waals surface area (Å²) >= 11 is 1.30. The molecular weight excluding hydrogens is 443 g/mol. The molecule has 2 aromatic rings. The number of amides is 1. The fourth-order valence-electron chi connectivity index (χ4n) is 3.98. The van der Waals surface area contributed by atoms with Crippen molar-refractivity contribution in [1.29, 1.82) is 0 Å². The second-order valence-corrected chi connectivity index (χ2v) is 8.68. The fraction of sp³-hybridized carbons (Fsp3) is 0.333. The predicted molar refractivity (Wildman–Crippen MR) is 114 cm³/mol. The van der Waals surface area contributed by atoms with E-state index in [9.17, 15) is 18.0 Å². The van der Waals surface area contributed by atoms with Gasteiger partial charge >= 0.3 is 0 Å². The standard InChI is InChI=1S/C21H18F3N5O2S/c1-3-4-31-15-8-26-14(7-27-15)19(30)28-11-5-12(17(24)13(23)6-11)21(9-22)16-10(2)18(16)32-20(25)29-21/h1,5-8,10,16,18H,4,9H2,2H3,(H2,25,29)(H,28,30)/t10-,16+,18-,21+/m0/s1. The van der Waals surface area contributed by atoms with Crippen LogP contribution < -0.4 is 15.8 Å². The van der Waals surface area contributed by atoms with Crippen LogP contribution in [-0.2, 0) is 5.54 Å². The van der Waals surface area contributed by atoms with Gasteiger partial charge in [0.05, 0.1) is 12.4 Å². The van der Waals surface area contributed by atoms with Gasteiger partial charge < -0.3 is 15.8 Å². The first kappa shape index (κ1) is 22.0. The average Bonchev–Trinajstić information content (AvgIpc) is 3.44. The lowest BCUT2D eigenvalue weighted by atomic mass is 9.84. The van der Waals surface area contributed by atoms with Gasteiger partial charge in [-0.3, -0.25) is 4.79 Å². The number of thioether (sulfide) groups is 1. The van der Waals surface area contributed by atoms with Gasteiger partial charge in [0.2, 0.25) is 5.88 Å². The molecule has 32 heavy (non-hydrogen) atoms. The first-order valence-electron chi connectivity index (χ1n) is 9.58. The number of halogens is 3. The van der Waals surface area contributed by atoms with Gasteiger partial charge in [0.25, 0.3) is 5.91 Å². The number of carbonyl (C=O) groups is 1. The summed E-state index contributed by atoms with van der Waals surface area (Å²) in [5.74, 6) is -1.13. The summed E-state index contributed by atoms with van der Waals surface area (Å²) in [5, 5.41) is 2.51. The molecule has 1 aromatic carbocycles. The number of aromatic nitrogens is 2. The van der Waals surface area contributed by atoms with Crippen LogP contribution in [0.2, 0.25) is 0 Å². The van der Waals surface area contributed by atoms with Crippen molar-refractivity contribution in [3.8, 4) is 18.2 Å². The minimum atomic E-state index is -1.65. The van der Waals surface area contributed by atoms with Gasteiger partial charge in [0, 0.05) is 28.5 Å². The van der Waals surface area contributed by atoms with E-state index in [0.29, 0.717) is 0 Å². The number of anilines is 1. The molecule has 1 aliphatic carbocycles. The number of alkyl halides is 1. The van der Waals surface area contributed by atoms with E-state index in [4.69, 9.17) is 16.9 Å². The number of hydrogen-bond donors (Lipinski definition) is 2. The van der Waals surface area contributed by atoms with Crippen molar-refractivity contribution in [2.45, 2.75) is 17.7 Å². The Bertz CT molecular complexity index is 1140. The minimum absolute atomic E-state index is 0.0137. The molecule has 11 heteroatoms. The molecule has 166 valence electrons. The van der Waals surface area contributed by atoms with Crippen LogP contribution in [0.4, 0.5) is 18.9 Å². The lowest BCUT2D eigenvalue weighted by Gasteiger charge is -2.32. The Morgan fingerprint density at radius 1 is 1.38 bits per heavy atom. The molecule has 7 nitrogen and oxygen atoms in total. The van der Waals surface area contributed by atoms with Gasteiger partial charge in [-0.05, 0) is 12.0 Å². The summed E-state index contributed by atoms with van der Waals surface area (Å²) in [6, 6.07) is 1.99. The second kappa shape index (κ2) is 8.35. The van der Waals surface area contributed by atoms with Gasteiger partial charge in [0.1, 0.15) is 17.9 Å². The van der Waals surface area contributed by atoms with Crippen LogP contribution in [0.3, 0.4) is 0 Å². The lowest BCUT2D eigenvalue weighted by Crippen LogP contribution is -2.37. The highest BCUT2D eigenvalue weighted by molar-refractivity contribution is 8.14. The molecule has 1 aromatic heterocycles. The molecule has 4 atom stereocenters. The zero-order valence-corrected chi connectivity index (χ0v) is 17.6. The highest BCUT2D eigenvalue weighted by Gasteiger charge is 2.63. The zero-order chi connectivity index (χ0) is 23.0.